The van der Waals surface area contributed by atoms with E-state index in [9.17, 15) is 8.42 Å². The quantitative estimate of drug-likeness (QED) is 0.679. The van der Waals surface area contributed by atoms with Crippen LogP contribution in [-0.2, 0) is 29.3 Å². The molecule has 168 valence electrons. The minimum Gasteiger partial charge on any atom is -0.496 e. The largest absolute Gasteiger partial charge is 0.496 e. The molecule has 6 nitrogen and oxygen atoms in total. The molecular weight excluding hydrogens is 410 g/mol. The molecule has 0 aromatic heterocycles. The number of hydrogen-bond acceptors (Lipinski definition) is 5. The fraction of sp³-hybridized carbons (Fsp3) is 0.500. The lowest BCUT2D eigenvalue weighted by molar-refractivity contribution is 0.299. The van der Waals surface area contributed by atoms with Gasteiger partial charge < -0.3 is 9.64 Å². The molecule has 0 saturated heterocycles. The van der Waals surface area contributed by atoms with Crippen molar-refractivity contribution >= 4 is 15.7 Å². The van der Waals surface area contributed by atoms with E-state index in [-0.39, 0.29) is 0 Å². The number of likely N-dealkylation sites (N-methyl/N-ethyl adjacent to an activating group) is 1. The summed E-state index contributed by atoms with van der Waals surface area (Å²) in [6.07, 6.45) is 6.60. The Morgan fingerprint density at radius 3 is 2.84 bits per heavy atom. The molecule has 0 saturated carbocycles. The van der Waals surface area contributed by atoms with E-state index in [1.165, 1.54) is 41.4 Å². The Hall–Kier alpha value is -2.09. The monoisotopic (exact) mass is 443 g/mol. The molecule has 7 heteroatoms. The molecule has 1 unspecified atom stereocenters. The van der Waals surface area contributed by atoms with Gasteiger partial charge >= 0.3 is 0 Å². The van der Waals surface area contributed by atoms with E-state index < -0.39 is 10.0 Å². The van der Waals surface area contributed by atoms with Crippen LogP contribution >= 0.6 is 0 Å². The second-order valence-corrected chi connectivity index (χ2v) is 10.6. The lowest BCUT2D eigenvalue weighted by Gasteiger charge is -2.30. The summed E-state index contributed by atoms with van der Waals surface area (Å²) >= 11 is 0. The van der Waals surface area contributed by atoms with E-state index in [1.807, 2.05) is 6.07 Å². The Balaban J connectivity index is 1.36. The first-order chi connectivity index (χ1) is 14.8. The van der Waals surface area contributed by atoms with Crippen molar-refractivity contribution in [2.75, 3.05) is 45.1 Å². The van der Waals surface area contributed by atoms with Crippen LogP contribution in [0.2, 0.25) is 0 Å². The molecule has 1 aliphatic heterocycles. The highest BCUT2D eigenvalue weighted by atomic mass is 32.2. The molecular formula is C24H33N3O3S. The number of anilines is 1. The van der Waals surface area contributed by atoms with Gasteiger partial charge in [0.2, 0.25) is 10.0 Å². The SMILES string of the molecule is COc1cccc2c1CCCC2CN(C)CCc1ccc2c(c1)CCN2NS(C)(=O)=O. The molecule has 0 amide bonds. The Labute approximate surface area is 186 Å². The molecule has 1 atom stereocenters. The standard InChI is InChI=1S/C24H33N3O3S/c1-26(17-20-6-4-8-22-21(20)7-5-9-24(22)30-2)14-12-18-10-11-23-19(16-18)13-15-27(23)25-31(3,28)29/h5,7,9-11,16,20,25H,4,6,8,12-15,17H2,1-3H3. The van der Waals surface area contributed by atoms with Crippen LogP contribution < -0.4 is 14.6 Å². The molecule has 0 radical (unpaired) electrons. The van der Waals surface area contributed by atoms with Crippen molar-refractivity contribution in [2.45, 2.75) is 38.0 Å². The number of sulfonamides is 1. The van der Waals surface area contributed by atoms with Gasteiger partial charge in [-0.25, -0.2) is 8.42 Å². The average molecular weight is 444 g/mol. The Morgan fingerprint density at radius 1 is 1.23 bits per heavy atom. The number of methoxy groups -OCH3 is 1. The zero-order chi connectivity index (χ0) is 22.0. The smallest absolute Gasteiger partial charge is 0.225 e. The summed E-state index contributed by atoms with van der Waals surface area (Å²) in [5.41, 5.74) is 6.33. The molecule has 1 heterocycles. The van der Waals surface area contributed by atoms with Crippen LogP contribution in [0.3, 0.4) is 0 Å². The predicted molar refractivity (Wildman–Crippen MR) is 125 cm³/mol. The van der Waals surface area contributed by atoms with E-state index >= 15 is 0 Å². The molecule has 1 aliphatic carbocycles. The average Bonchev–Trinajstić information content (AvgIpc) is 3.12. The van der Waals surface area contributed by atoms with Crippen molar-refractivity contribution in [3.05, 3.63) is 58.7 Å². The molecule has 0 spiro atoms. The molecule has 1 N–H and O–H groups in total. The third-order valence-corrected chi connectivity index (χ3v) is 6.99. The van der Waals surface area contributed by atoms with Crippen molar-refractivity contribution in [3.8, 4) is 5.75 Å². The summed E-state index contributed by atoms with van der Waals surface area (Å²) in [5, 5.41) is 1.73. The van der Waals surface area contributed by atoms with E-state index in [4.69, 9.17) is 4.74 Å². The lowest BCUT2D eigenvalue weighted by atomic mass is 9.82. The fourth-order valence-electron chi connectivity index (χ4n) is 4.99. The lowest BCUT2D eigenvalue weighted by Crippen LogP contribution is -2.40. The second-order valence-electron chi connectivity index (χ2n) is 8.86. The number of ether oxygens (including phenoxy) is 1. The van der Waals surface area contributed by atoms with Crippen molar-refractivity contribution in [1.29, 1.82) is 0 Å². The first kappa shape index (κ1) is 22.1. The third kappa shape index (κ3) is 5.22. The number of benzene rings is 2. The van der Waals surface area contributed by atoms with E-state index in [0.717, 1.165) is 43.8 Å². The zero-order valence-corrected chi connectivity index (χ0v) is 19.5. The fourth-order valence-corrected chi connectivity index (χ4v) is 5.58. The summed E-state index contributed by atoms with van der Waals surface area (Å²) in [6, 6.07) is 12.9. The van der Waals surface area contributed by atoms with Gasteiger partial charge in [0.15, 0.2) is 0 Å². The summed E-state index contributed by atoms with van der Waals surface area (Å²) in [7, 11) is 0.710. The number of hydrazine groups is 1. The molecule has 2 aliphatic rings. The third-order valence-electron chi connectivity index (χ3n) is 6.44. The van der Waals surface area contributed by atoms with E-state index in [0.29, 0.717) is 12.5 Å². The zero-order valence-electron chi connectivity index (χ0n) is 18.7. The van der Waals surface area contributed by atoms with Crippen LogP contribution in [0.15, 0.2) is 36.4 Å². The van der Waals surface area contributed by atoms with Gasteiger partial charge in [0.05, 0.1) is 19.1 Å². The maximum Gasteiger partial charge on any atom is 0.225 e. The molecule has 0 bridgehead atoms. The van der Waals surface area contributed by atoms with Gasteiger partial charge in [-0.1, -0.05) is 24.3 Å². The predicted octanol–water partition coefficient (Wildman–Crippen LogP) is 3.12. The highest BCUT2D eigenvalue weighted by molar-refractivity contribution is 7.88. The van der Waals surface area contributed by atoms with Gasteiger partial charge in [0, 0.05) is 19.6 Å². The Bertz CT molecular complexity index is 1040. The van der Waals surface area contributed by atoms with Crippen LogP contribution in [-0.4, -0.2) is 53.4 Å². The molecule has 4 rings (SSSR count). The first-order valence-corrected chi connectivity index (χ1v) is 12.9. The maximum absolute atomic E-state index is 11.6. The number of fused-ring (bicyclic) bond motifs is 2. The van der Waals surface area contributed by atoms with Gasteiger partial charge in [0.1, 0.15) is 5.75 Å². The highest BCUT2D eigenvalue weighted by Gasteiger charge is 2.24. The van der Waals surface area contributed by atoms with Crippen molar-refractivity contribution in [1.82, 2.24) is 9.73 Å². The van der Waals surface area contributed by atoms with Gasteiger partial charge in [-0.05, 0) is 79.5 Å². The summed E-state index contributed by atoms with van der Waals surface area (Å²) in [4.78, 5) is 5.03. The molecule has 0 fully saturated rings. The summed E-state index contributed by atoms with van der Waals surface area (Å²) in [6.45, 7) is 2.73. The normalized spacial score (nSPS) is 18.2. The molecule has 2 aromatic carbocycles. The van der Waals surface area contributed by atoms with Crippen LogP contribution in [0.4, 0.5) is 5.69 Å². The summed E-state index contributed by atoms with van der Waals surface area (Å²) < 4.78 is 28.7. The molecule has 31 heavy (non-hydrogen) atoms. The second kappa shape index (κ2) is 9.18. The van der Waals surface area contributed by atoms with Gasteiger partial charge in [-0.2, -0.15) is 0 Å². The van der Waals surface area contributed by atoms with Gasteiger partial charge in [0.25, 0.3) is 0 Å². The Morgan fingerprint density at radius 2 is 2.06 bits per heavy atom. The number of nitrogens with zero attached hydrogens (tertiary/aromatic N) is 2. The van der Waals surface area contributed by atoms with Crippen LogP contribution in [0.25, 0.3) is 0 Å². The van der Waals surface area contributed by atoms with Crippen molar-refractivity contribution in [2.24, 2.45) is 0 Å². The van der Waals surface area contributed by atoms with Gasteiger partial charge in [-0.15, -0.1) is 4.83 Å². The number of hydrogen-bond donors (Lipinski definition) is 1. The number of rotatable bonds is 8. The first-order valence-electron chi connectivity index (χ1n) is 11.0. The summed E-state index contributed by atoms with van der Waals surface area (Å²) in [5.74, 6) is 1.59. The highest BCUT2D eigenvalue weighted by Crippen LogP contribution is 2.37. The van der Waals surface area contributed by atoms with Gasteiger partial charge in [-0.3, -0.25) is 5.01 Å². The molecule has 2 aromatic rings. The van der Waals surface area contributed by atoms with Crippen LogP contribution in [0.5, 0.6) is 5.75 Å². The van der Waals surface area contributed by atoms with Crippen LogP contribution in [0.1, 0.15) is 41.0 Å². The van der Waals surface area contributed by atoms with Crippen molar-refractivity contribution < 1.29 is 13.2 Å². The topological polar surface area (TPSA) is 61.9 Å². The minimum absolute atomic E-state index is 0.555. The minimum atomic E-state index is -3.26. The van der Waals surface area contributed by atoms with E-state index in [1.54, 1.807) is 12.1 Å². The Kier molecular flexibility index (Phi) is 6.55. The maximum atomic E-state index is 11.6. The van der Waals surface area contributed by atoms with E-state index in [2.05, 4.69) is 47.1 Å². The number of nitrogens with one attached hydrogen (secondary N) is 1. The van der Waals surface area contributed by atoms with Crippen molar-refractivity contribution in [3.63, 3.8) is 0 Å². The van der Waals surface area contributed by atoms with Crippen LogP contribution in [0, 0.1) is 0 Å².